The number of allylic oxidation sites excluding steroid dienone is 1. The Morgan fingerprint density at radius 2 is 1.77 bits per heavy atom. The largest absolute Gasteiger partial charge is 0.370 e. The summed E-state index contributed by atoms with van der Waals surface area (Å²) in [5.74, 6) is 0.275. The smallest absolute Gasteiger partial charge is 0.163 e. The summed E-state index contributed by atoms with van der Waals surface area (Å²) in [5, 5.41) is 3.31. The Kier molecular flexibility index (Phi) is 14.6. The lowest BCUT2D eigenvalue weighted by Crippen LogP contribution is -2.16. The summed E-state index contributed by atoms with van der Waals surface area (Å²) in [6.45, 7) is 16.6. The molecule has 0 bridgehead atoms. The number of hydrogen-bond acceptors (Lipinski definition) is 2. The molecular weight excluding hydrogens is 428 g/mol. The number of Topliss-reactive ketones (excluding diaryl/α,β-unsaturated/α-hetero) is 1. The van der Waals surface area contributed by atoms with Crippen molar-refractivity contribution in [1.29, 1.82) is 0 Å². The summed E-state index contributed by atoms with van der Waals surface area (Å²) >= 11 is 0. The predicted molar refractivity (Wildman–Crippen MR) is 155 cm³/mol. The lowest BCUT2D eigenvalue weighted by molar-refractivity contribution is 0.0994. The highest BCUT2D eigenvalue weighted by atomic mass is 16.1. The molecule has 35 heavy (non-hydrogen) atoms. The Morgan fingerprint density at radius 3 is 2.37 bits per heavy atom. The average Bonchev–Trinajstić information content (AvgIpc) is 3.26. The van der Waals surface area contributed by atoms with Crippen molar-refractivity contribution in [2.45, 2.75) is 99.0 Å². The molecule has 0 aromatic heterocycles. The van der Waals surface area contributed by atoms with Gasteiger partial charge in [-0.3, -0.25) is 9.79 Å². The summed E-state index contributed by atoms with van der Waals surface area (Å²) in [6, 6.07) is 11.0. The normalized spacial score (nSPS) is 12.8. The molecule has 1 unspecified atom stereocenters. The topological polar surface area (TPSA) is 41.5 Å². The maximum atomic E-state index is 12.4. The van der Waals surface area contributed by atoms with E-state index in [1.165, 1.54) is 52.6 Å². The molecule has 0 saturated heterocycles. The fourth-order valence-corrected chi connectivity index (χ4v) is 4.39. The van der Waals surface area contributed by atoms with Crippen LogP contribution in [0.3, 0.4) is 0 Å². The summed E-state index contributed by atoms with van der Waals surface area (Å²) in [7, 11) is 1.76. The number of benzene rings is 2. The fourth-order valence-electron chi connectivity index (χ4n) is 4.39. The molecule has 1 aliphatic rings. The van der Waals surface area contributed by atoms with Crippen LogP contribution in [-0.2, 0) is 12.8 Å². The van der Waals surface area contributed by atoms with E-state index in [-0.39, 0.29) is 11.8 Å². The lowest BCUT2D eigenvalue weighted by atomic mass is 9.86. The zero-order valence-corrected chi connectivity index (χ0v) is 23.3. The van der Waals surface area contributed by atoms with E-state index < -0.39 is 0 Å². The number of rotatable bonds is 10. The second-order valence-corrected chi connectivity index (χ2v) is 8.93. The van der Waals surface area contributed by atoms with Gasteiger partial charge in [-0.2, -0.15) is 0 Å². The highest BCUT2D eigenvalue weighted by Gasteiger charge is 2.25. The third-order valence-corrected chi connectivity index (χ3v) is 6.35. The van der Waals surface area contributed by atoms with Crippen LogP contribution in [0.5, 0.6) is 0 Å². The Hall–Kier alpha value is -2.68. The molecule has 0 aliphatic heterocycles. The third kappa shape index (κ3) is 8.80. The first-order chi connectivity index (χ1) is 17.0. The number of nitrogens with one attached hydrogen (secondary N) is 1. The maximum Gasteiger partial charge on any atom is 0.163 e. The van der Waals surface area contributed by atoms with Crippen LogP contribution in [0.15, 0.2) is 48.0 Å². The molecule has 192 valence electrons. The molecule has 3 nitrogen and oxygen atoms in total. The molecule has 0 fully saturated rings. The molecule has 0 radical (unpaired) electrons. The molecule has 1 atom stereocenters. The molecule has 2 aromatic carbocycles. The third-order valence-electron chi connectivity index (χ3n) is 6.35. The molecule has 0 amide bonds. The van der Waals surface area contributed by atoms with Crippen molar-refractivity contribution in [2.24, 2.45) is 4.99 Å². The molecule has 1 aliphatic carbocycles. The number of carbonyl (C=O) groups is 1. The highest BCUT2D eigenvalue weighted by molar-refractivity contribution is 6.03. The SMILES string of the molecule is C=CCCCc1ccc2c(c1-c1cc(C(C)NC=NC)ccc1C)CCC2=O.CC.CCCCC. The Balaban J connectivity index is 0.000000779. The summed E-state index contributed by atoms with van der Waals surface area (Å²) in [4.78, 5) is 16.4. The maximum absolute atomic E-state index is 12.4. The van der Waals surface area contributed by atoms with E-state index in [2.05, 4.69) is 68.8 Å². The van der Waals surface area contributed by atoms with Crippen molar-refractivity contribution in [1.82, 2.24) is 5.32 Å². The van der Waals surface area contributed by atoms with Gasteiger partial charge in [0.25, 0.3) is 0 Å². The van der Waals surface area contributed by atoms with E-state index in [0.717, 1.165) is 31.2 Å². The number of aliphatic imine (C=N–C) groups is 1. The number of aryl methyl sites for hydroxylation is 2. The number of fused-ring (bicyclic) bond motifs is 1. The molecular formula is C32H48N2O. The van der Waals surface area contributed by atoms with Gasteiger partial charge in [-0.25, -0.2) is 0 Å². The number of ketones is 1. The lowest BCUT2D eigenvalue weighted by Gasteiger charge is -2.19. The average molecular weight is 477 g/mol. The minimum Gasteiger partial charge on any atom is -0.370 e. The van der Waals surface area contributed by atoms with E-state index >= 15 is 0 Å². The number of hydrogen-bond donors (Lipinski definition) is 1. The monoisotopic (exact) mass is 476 g/mol. The van der Waals surface area contributed by atoms with Gasteiger partial charge in [-0.1, -0.05) is 77.3 Å². The van der Waals surface area contributed by atoms with Crippen molar-refractivity contribution in [3.63, 3.8) is 0 Å². The van der Waals surface area contributed by atoms with Crippen LogP contribution in [0.2, 0.25) is 0 Å². The van der Waals surface area contributed by atoms with Gasteiger partial charge < -0.3 is 5.32 Å². The van der Waals surface area contributed by atoms with Crippen molar-refractivity contribution in [3.05, 3.63) is 70.8 Å². The summed E-state index contributed by atoms with van der Waals surface area (Å²) in [5.41, 5.74) is 8.49. The van der Waals surface area contributed by atoms with Crippen LogP contribution in [0.1, 0.15) is 112 Å². The van der Waals surface area contributed by atoms with Crippen LogP contribution in [-0.4, -0.2) is 19.2 Å². The second kappa shape index (κ2) is 16.9. The summed E-state index contributed by atoms with van der Waals surface area (Å²) < 4.78 is 0. The van der Waals surface area contributed by atoms with Gasteiger partial charge in [-0.15, -0.1) is 6.58 Å². The van der Waals surface area contributed by atoms with Gasteiger partial charge in [0.05, 0.1) is 6.34 Å². The van der Waals surface area contributed by atoms with Gasteiger partial charge in [0, 0.05) is 25.1 Å². The van der Waals surface area contributed by atoms with Crippen molar-refractivity contribution in [3.8, 4) is 11.1 Å². The first kappa shape index (κ1) is 30.4. The zero-order chi connectivity index (χ0) is 26.2. The standard InChI is InChI=1S/C25H30N2O.C5H12.C2H6/c1-5-6-7-8-19-11-12-21-22(13-14-24(21)28)25(19)23-15-20(10-9-17(23)2)18(3)27-16-26-4;1-3-5-4-2;1-2/h5,9-12,15-16,18H,1,6-8,13-14H2,2-4H3,(H,26,27);3-5H2,1-2H3;1-2H3. The van der Waals surface area contributed by atoms with Crippen molar-refractivity contribution < 1.29 is 4.79 Å². The summed E-state index contributed by atoms with van der Waals surface area (Å²) in [6.07, 6.45) is 12.4. The van der Waals surface area contributed by atoms with Gasteiger partial charge in [0.1, 0.15) is 0 Å². The van der Waals surface area contributed by atoms with E-state index in [0.29, 0.717) is 6.42 Å². The van der Waals surface area contributed by atoms with E-state index in [9.17, 15) is 4.79 Å². The van der Waals surface area contributed by atoms with Crippen LogP contribution in [0.4, 0.5) is 0 Å². The van der Waals surface area contributed by atoms with Crippen LogP contribution < -0.4 is 5.32 Å². The molecule has 0 saturated carbocycles. The minimum atomic E-state index is 0.172. The first-order valence-corrected chi connectivity index (χ1v) is 13.5. The highest BCUT2D eigenvalue weighted by Crippen LogP contribution is 2.38. The molecule has 3 heteroatoms. The van der Waals surface area contributed by atoms with Gasteiger partial charge >= 0.3 is 0 Å². The van der Waals surface area contributed by atoms with Crippen molar-refractivity contribution in [2.75, 3.05) is 7.05 Å². The molecule has 3 rings (SSSR count). The first-order valence-electron chi connectivity index (χ1n) is 13.5. The van der Waals surface area contributed by atoms with Crippen LogP contribution in [0.25, 0.3) is 11.1 Å². The molecule has 0 spiro atoms. The fraction of sp³-hybridized carbons (Fsp3) is 0.500. The van der Waals surface area contributed by atoms with Gasteiger partial charge in [0.2, 0.25) is 0 Å². The van der Waals surface area contributed by atoms with Crippen LogP contribution in [0, 0.1) is 6.92 Å². The predicted octanol–water partition coefficient (Wildman–Crippen LogP) is 8.83. The van der Waals surface area contributed by atoms with E-state index in [4.69, 9.17) is 0 Å². The Labute approximate surface area is 215 Å². The Bertz CT molecular complexity index is 956. The molecule has 1 N–H and O–H groups in total. The van der Waals surface area contributed by atoms with Gasteiger partial charge in [-0.05, 0) is 79.0 Å². The molecule has 2 aromatic rings. The quantitative estimate of drug-likeness (QED) is 0.161. The number of nitrogens with zero attached hydrogens (tertiary/aromatic N) is 1. The molecule has 0 heterocycles. The Morgan fingerprint density at radius 1 is 1.06 bits per heavy atom. The number of unbranched alkanes of at least 4 members (excludes halogenated alkanes) is 3. The van der Waals surface area contributed by atoms with E-state index in [1.807, 2.05) is 26.0 Å². The van der Waals surface area contributed by atoms with E-state index in [1.54, 1.807) is 13.4 Å². The van der Waals surface area contributed by atoms with Crippen LogP contribution >= 0.6 is 0 Å². The minimum absolute atomic E-state index is 0.172. The second-order valence-electron chi connectivity index (χ2n) is 8.93. The zero-order valence-electron chi connectivity index (χ0n) is 23.3. The van der Waals surface area contributed by atoms with Gasteiger partial charge in [0.15, 0.2) is 5.78 Å². The number of carbonyl (C=O) groups excluding carboxylic acids is 1. The van der Waals surface area contributed by atoms with Crippen molar-refractivity contribution >= 4 is 12.1 Å².